The van der Waals surface area contributed by atoms with Crippen LogP contribution in [0, 0.1) is 17.3 Å². The molecule has 0 saturated heterocycles. The topological polar surface area (TPSA) is 0 Å². The summed E-state index contributed by atoms with van der Waals surface area (Å²) in [5.74, 6) is 1.69. The third kappa shape index (κ3) is 3.13. The Morgan fingerprint density at radius 2 is 1.41 bits per heavy atom. The van der Waals surface area contributed by atoms with E-state index in [2.05, 4.69) is 81.4 Å². The highest BCUT2D eigenvalue weighted by molar-refractivity contribution is 7.73. The molecule has 1 saturated carbocycles. The summed E-state index contributed by atoms with van der Waals surface area (Å²) >= 11 is 0. The molecular weight excluding hydrogens is 283 g/mol. The van der Waals surface area contributed by atoms with E-state index in [1.54, 1.807) is 0 Å². The van der Waals surface area contributed by atoms with Crippen molar-refractivity contribution >= 4 is 18.5 Å². The van der Waals surface area contributed by atoms with Crippen molar-refractivity contribution in [2.75, 3.05) is 6.16 Å². The minimum absolute atomic E-state index is 0.256. The third-order valence-corrected chi connectivity index (χ3v) is 8.66. The van der Waals surface area contributed by atoms with E-state index in [4.69, 9.17) is 0 Å². The largest absolute Gasteiger partial charge is 0.0622 e. The molecule has 3 atom stereocenters. The molecule has 0 radical (unpaired) electrons. The monoisotopic (exact) mass is 310 g/mol. The van der Waals surface area contributed by atoms with Gasteiger partial charge in [-0.25, -0.2) is 0 Å². The SMILES string of the molecule is CC1CCC(C)(CP(c2ccccc2)c2ccccc2)C1C. The highest BCUT2D eigenvalue weighted by atomic mass is 31.1. The van der Waals surface area contributed by atoms with Gasteiger partial charge in [-0.3, -0.25) is 0 Å². The van der Waals surface area contributed by atoms with Gasteiger partial charge in [0.05, 0.1) is 0 Å². The zero-order valence-electron chi connectivity index (χ0n) is 14.0. The Morgan fingerprint density at radius 1 is 0.909 bits per heavy atom. The van der Waals surface area contributed by atoms with Crippen LogP contribution in [0.4, 0.5) is 0 Å². The Balaban J connectivity index is 1.93. The lowest BCUT2D eigenvalue weighted by atomic mass is 9.80. The van der Waals surface area contributed by atoms with Crippen LogP contribution in [0.3, 0.4) is 0 Å². The van der Waals surface area contributed by atoms with E-state index in [-0.39, 0.29) is 7.92 Å². The molecule has 1 fully saturated rings. The Bertz CT molecular complexity index is 552. The zero-order valence-corrected chi connectivity index (χ0v) is 14.9. The third-order valence-electron chi connectivity index (χ3n) is 5.78. The van der Waals surface area contributed by atoms with Crippen LogP contribution >= 0.6 is 7.92 Å². The second-order valence-electron chi connectivity index (χ2n) is 7.22. The summed E-state index contributed by atoms with van der Waals surface area (Å²) < 4.78 is 0. The molecule has 2 aromatic rings. The van der Waals surface area contributed by atoms with Crippen LogP contribution in [0.15, 0.2) is 60.7 Å². The fourth-order valence-electron chi connectivity index (χ4n) is 3.85. The van der Waals surface area contributed by atoms with Gasteiger partial charge in [0.25, 0.3) is 0 Å². The first kappa shape index (κ1) is 15.8. The van der Waals surface area contributed by atoms with E-state index >= 15 is 0 Å². The first-order chi connectivity index (χ1) is 10.6. The van der Waals surface area contributed by atoms with Crippen molar-refractivity contribution in [1.82, 2.24) is 0 Å². The van der Waals surface area contributed by atoms with Gasteiger partial charge in [0.1, 0.15) is 0 Å². The van der Waals surface area contributed by atoms with Gasteiger partial charge in [-0.2, -0.15) is 0 Å². The molecule has 3 rings (SSSR count). The second-order valence-corrected chi connectivity index (χ2v) is 9.42. The highest BCUT2D eigenvalue weighted by Gasteiger charge is 2.41. The summed E-state index contributed by atoms with van der Waals surface area (Å²) in [6.45, 7) is 7.44. The van der Waals surface area contributed by atoms with Gasteiger partial charge >= 0.3 is 0 Å². The molecule has 0 amide bonds. The van der Waals surface area contributed by atoms with Crippen molar-refractivity contribution < 1.29 is 0 Å². The van der Waals surface area contributed by atoms with Crippen molar-refractivity contribution in [2.24, 2.45) is 17.3 Å². The van der Waals surface area contributed by atoms with Gasteiger partial charge in [-0.15, -0.1) is 0 Å². The van der Waals surface area contributed by atoms with E-state index < -0.39 is 0 Å². The van der Waals surface area contributed by atoms with Crippen LogP contribution in [-0.4, -0.2) is 6.16 Å². The van der Waals surface area contributed by atoms with E-state index in [0.717, 1.165) is 11.8 Å². The normalized spacial score (nSPS) is 28.2. The van der Waals surface area contributed by atoms with Crippen molar-refractivity contribution in [1.29, 1.82) is 0 Å². The molecule has 2 aromatic carbocycles. The highest BCUT2D eigenvalue weighted by Crippen LogP contribution is 2.53. The van der Waals surface area contributed by atoms with E-state index in [1.165, 1.54) is 29.6 Å². The molecule has 22 heavy (non-hydrogen) atoms. The predicted molar refractivity (Wildman–Crippen MR) is 99.6 cm³/mol. The zero-order chi connectivity index (χ0) is 15.6. The smallest absolute Gasteiger partial charge is 0.0188 e. The van der Waals surface area contributed by atoms with Gasteiger partial charge in [0.2, 0.25) is 0 Å². The molecule has 1 aliphatic carbocycles. The summed E-state index contributed by atoms with van der Waals surface area (Å²) in [5.41, 5.74) is 0.483. The van der Waals surface area contributed by atoms with E-state index in [1.807, 2.05) is 0 Å². The maximum Gasteiger partial charge on any atom is -0.0188 e. The minimum Gasteiger partial charge on any atom is -0.0622 e. The Morgan fingerprint density at radius 3 is 1.82 bits per heavy atom. The summed E-state index contributed by atoms with van der Waals surface area (Å²) in [6.07, 6.45) is 4.10. The molecule has 3 unspecified atom stereocenters. The number of hydrogen-bond acceptors (Lipinski definition) is 0. The number of benzene rings is 2. The lowest BCUT2D eigenvalue weighted by Crippen LogP contribution is -2.29. The average molecular weight is 310 g/mol. The Kier molecular flexibility index (Phi) is 4.69. The molecule has 0 bridgehead atoms. The molecule has 1 heteroatoms. The number of rotatable bonds is 4. The average Bonchev–Trinajstić information content (AvgIpc) is 2.82. The standard InChI is InChI=1S/C21H27P/c1-17-14-15-21(3,18(17)2)16-22(19-10-6-4-7-11-19)20-12-8-5-9-13-20/h4-13,17-18H,14-16H2,1-3H3. The lowest BCUT2D eigenvalue weighted by Gasteiger charge is -2.35. The maximum absolute atomic E-state index is 2.53. The van der Waals surface area contributed by atoms with E-state index in [9.17, 15) is 0 Å². The molecular formula is C21H27P. The summed E-state index contributed by atoms with van der Waals surface area (Å²) in [5, 5.41) is 3.05. The first-order valence-electron chi connectivity index (χ1n) is 8.48. The minimum atomic E-state index is -0.256. The van der Waals surface area contributed by atoms with Gasteiger partial charge in [-0.05, 0) is 54.8 Å². The first-order valence-corrected chi connectivity index (χ1v) is 10.0. The molecule has 116 valence electrons. The summed E-state index contributed by atoms with van der Waals surface area (Å²) in [6, 6.07) is 22.3. The van der Waals surface area contributed by atoms with Gasteiger partial charge in [-0.1, -0.05) is 81.4 Å². The van der Waals surface area contributed by atoms with Crippen LogP contribution in [0.5, 0.6) is 0 Å². The van der Waals surface area contributed by atoms with Gasteiger partial charge in [0.15, 0.2) is 0 Å². The lowest BCUT2D eigenvalue weighted by molar-refractivity contribution is 0.253. The van der Waals surface area contributed by atoms with Crippen LogP contribution in [0.2, 0.25) is 0 Å². The molecule has 0 aromatic heterocycles. The number of hydrogen-bond donors (Lipinski definition) is 0. The molecule has 0 N–H and O–H groups in total. The fraction of sp³-hybridized carbons (Fsp3) is 0.429. The molecule has 1 aliphatic rings. The quantitative estimate of drug-likeness (QED) is 0.682. The Labute approximate surface area is 136 Å². The second kappa shape index (κ2) is 6.55. The van der Waals surface area contributed by atoms with Crippen LogP contribution in [0.1, 0.15) is 33.6 Å². The fourth-order valence-corrected chi connectivity index (χ4v) is 6.75. The molecule has 0 spiro atoms. The molecule has 0 nitrogen and oxygen atoms in total. The predicted octanol–water partition coefficient (Wildman–Crippen LogP) is 5.19. The van der Waals surface area contributed by atoms with Crippen molar-refractivity contribution in [3.8, 4) is 0 Å². The van der Waals surface area contributed by atoms with Crippen molar-refractivity contribution in [3.05, 3.63) is 60.7 Å². The molecule has 0 heterocycles. The van der Waals surface area contributed by atoms with Crippen LogP contribution < -0.4 is 10.6 Å². The van der Waals surface area contributed by atoms with Crippen LogP contribution in [0.25, 0.3) is 0 Å². The van der Waals surface area contributed by atoms with Crippen molar-refractivity contribution in [3.63, 3.8) is 0 Å². The Hall–Kier alpha value is -1.13. The van der Waals surface area contributed by atoms with Gasteiger partial charge in [0, 0.05) is 0 Å². The maximum atomic E-state index is 2.53. The summed E-state index contributed by atoms with van der Waals surface area (Å²) in [7, 11) is -0.256. The summed E-state index contributed by atoms with van der Waals surface area (Å²) in [4.78, 5) is 0. The van der Waals surface area contributed by atoms with E-state index in [0.29, 0.717) is 5.41 Å². The molecule has 0 aliphatic heterocycles. The van der Waals surface area contributed by atoms with Gasteiger partial charge < -0.3 is 0 Å². The van der Waals surface area contributed by atoms with Crippen LogP contribution in [-0.2, 0) is 0 Å². The van der Waals surface area contributed by atoms with Crippen molar-refractivity contribution in [2.45, 2.75) is 33.6 Å².